The minimum absolute atomic E-state index is 0.0803. The number of carbonyl (C=O) groups excluding carboxylic acids is 1. The van der Waals surface area contributed by atoms with E-state index >= 15 is 0 Å². The van der Waals surface area contributed by atoms with Crippen molar-refractivity contribution < 1.29 is 14.6 Å². The van der Waals surface area contributed by atoms with E-state index in [1.165, 1.54) is 18.0 Å². The van der Waals surface area contributed by atoms with Crippen molar-refractivity contribution in [3.05, 3.63) is 12.4 Å². The van der Waals surface area contributed by atoms with Gasteiger partial charge in [-0.2, -0.15) is 5.10 Å². The Morgan fingerprint density at radius 3 is 3.12 bits per heavy atom. The number of nitrogen functional groups attached to an aromatic ring is 1. The zero-order valence-electron chi connectivity index (χ0n) is 9.09. The minimum atomic E-state index is -0.698. The molecule has 1 heterocycles. The molecule has 1 rings (SSSR count). The number of anilines is 1. The van der Waals surface area contributed by atoms with Gasteiger partial charge in [0.05, 0.1) is 24.6 Å². The van der Waals surface area contributed by atoms with E-state index in [9.17, 15) is 9.90 Å². The van der Waals surface area contributed by atoms with E-state index in [1.807, 2.05) is 0 Å². The summed E-state index contributed by atoms with van der Waals surface area (Å²) in [5, 5.41) is 15.7. The van der Waals surface area contributed by atoms with Gasteiger partial charge in [-0.15, -0.1) is 0 Å². The Labute approximate surface area is 93.2 Å². The number of nitrogens with one attached hydrogen (secondary N) is 1. The van der Waals surface area contributed by atoms with Gasteiger partial charge in [0.1, 0.15) is 6.54 Å². The van der Waals surface area contributed by atoms with Crippen molar-refractivity contribution in [2.24, 2.45) is 0 Å². The zero-order valence-corrected chi connectivity index (χ0v) is 9.09. The molecule has 1 aromatic rings. The number of hydrogen-bond donors (Lipinski definition) is 3. The summed E-state index contributed by atoms with van der Waals surface area (Å²) in [6, 6.07) is 0. The fourth-order valence-electron chi connectivity index (χ4n) is 1.15. The monoisotopic (exact) mass is 228 g/mol. The highest BCUT2D eigenvalue weighted by Crippen LogP contribution is 1.96. The van der Waals surface area contributed by atoms with Gasteiger partial charge in [0.15, 0.2) is 0 Å². The summed E-state index contributed by atoms with van der Waals surface area (Å²) in [7, 11) is 1.48. The van der Waals surface area contributed by atoms with Crippen molar-refractivity contribution in [1.82, 2.24) is 15.1 Å². The van der Waals surface area contributed by atoms with E-state index in [2.05, 4.69) is 10.4 Å². The molecular weight excluding hydrogens is 212 g/mol. The number of nitrogens with zero attached hydrogens (tertiary/aromatic N) is 2. The lowest BCUT2D eigenvalue weighted by Gasteiger charge is -2.10. The maximum atomic E-state index is 11.4. The van der Waals surface area contributed by atoms with Crippen LogP contribution in [0.5, 0.6) is 0 Å². The molecule has 0 aromatic carbocycles. The molecule has 4 N–H and O–H groups in total. The van der Waals surface area contributed by atoms with Crippen LogP contribution in [-0.2, 0) is 16.1 Å². The highest BCUT2D eigenvalue weighted by atomic mass is 16.5. The Balaban J connectivity index is 2.26. The van der Waals surface area contributed by atoms with Crippen LogP contribution in [0, 0.1) is 0 Å². The van der Waals surface area contributed by atoms with E-state index in [0.29, 0.717) is 5.69 Å². The summed E-state index contributed by atoms with van der Waals surface area (Å²) >= 11 is 0. The van der Waals surface area contributed by atoms with Gasteiger partial charge in [-0.1, -0.05) is 0 Å². The fourth-order valence-corrected chi connectivity index (χ4v) is 1.15. The quantitative estimate of drug-likeness (QED) is 0.555. The van der Waals surface area contributed by atoms with Crippen molar-refractivity contribution in [2.75, 3.05) is 26.0 Å². The second-order valence-corrected chi connectivity index (χ2v) is 3.38. The highest BCUT2D eigenvalue weighted by molar-refractivity contribution is 5.75. The highest BCUT2D eigenvalue weighted by Gasteiger charge is 2.07. The molecule has 7 nitrogen and oxygen atoms in total. The molecule has 7 heteroatoms. The molecule has 1 unspecified atom stereocenters. The maximum absolute atomic E-state index is 11.4. The first-order valence-electron chi connectivity index (χ1n) is 4.83. The lowest BCUT2D eigenvalue weighted by molar-refractivity contribution is -0.122. The normalized spacial score (nSPS) is 12.4. The van der Waals surface area contributed by atoms with Crippen molar-refractivity contribution in [1.29, 1.82) is 0 Å². The molecule has 90 valence electrons. The minimum Gasteiger partial charge on any atom is -0.396 e. The third kappa shape index (κ3) is 4.28. The number of hydrogen-bond acceptors (Lipinski definition) is 5. The molecule has 0 radical (unpaired) electrons. The second-order valence-electron chi connectivity index (χ2n) is 3.38. The Morgan fingerprint density at radius 1 is 1.81 bits per heavy atom. The molecule has 1 atom stereocenters. The summed E-state index contributed by atoms with van der Waals surface area (Å²) in [5.74, 6) is -0.238. The van der Waals surface area contributed by atoms with E-state index in [-0.39, 0.29) is 25.6 Å². The predicted octanol–water partition coefficient (Wildman–Crippen LogP) is -1.41. The Bertz CT molecular complexity index is 339. The van der Waals surface area contributed by atoms with Crippen LogP contribution in [0.15, 0.2) is 12.4 Å². The molecule has 0 saturated carbocycles. The number of aromatic nitrogens is 2. The molecule has 0 saturated heterocycles. The molecule has 0 bridgehead atoms. The molecular formula is C9H16N4O3. The number of aliphatic hydroxyl groups excluding tert-OH is 1. The van der Waals surface area contributed by atoms with Crippen LogP contribution < -0.4 is 11.1 Å². The van der Waals surface area contributed by atoms with E-state index in [4.69, 9.17) is 10.5 Å². The lowest BCUT2D eigenvalue weighted by Crippen LogP contribution is -2.36. The summed E-state index contributed by atoms with van der Waals surface area (Å²) in [4.78, 5) is 11.4. The van der Waals surface area contributed by atoms with Gasteiger partial charge in [0, 0.05) is 19.9 Å². The van der Waals surface area contributed by atoms with Crippen molar-refractivity contribution in [2.45, 2.75) is 12.6 Å². The van der Waals surface area contributed by atoms with Crippen LogP contribution in [0.25, 0.3) is 0 Å². The van der Waals surface area contributed by atoms with Gasteiger partial charge in [-0.3, -0.25) is 9.48 Å². The lowest BCUT2D eigenvalue weighted by atomic mass is 10.4. The Hall–Kier alpha value is -1.60. The van der Waals surface area contributed by atoms with Gasteiger partial charge in [0.25, 0.3) is 0 Å². The molecule has 1 aromatic heterocycles. The number of nitrogens with two attached hydrogens (primary N) is 1. The molecule has 16 heavy (non-hydrogen) atoms. The van der Waals surface area contributed by atoms with Crippen LogP contribution in [0.4, 0.5) is 5.69 Å². The fraction of sp³-hybridized carbons (Fsp3) is 0.556. The summed E-state index contributed by atoms with van der Waals surface area (Å²) < 4.78 is 6.15. The second kappa shape index (κ2) is 6.09. The van der Waals surface area contributed by atoms with Crippen molar-refractivity contribution in [3.63, 3.8) is 0 Å². The standard InChI is InChI=1S/C9H16N4O3/c1-16-6-8(14)3-11-9(15)5-13-4-7(10)2-12-13/h2,4,8,14H,3,5-6,10H2,1H3,(H,11,15). The predicted molar refractivity (Wildman–Crippen MR) is 57.5 cm³/mol. The van der Waals surface area contributed by atoms with Gasteiger partial charge in [-0.25, -0.2) is 0 Å². The third-order valence-electron chi connectivity index (χ3n) is 1.85. The van der Waals surface area contributed by atoms with Crippen LogP contribution in [-0.4, -0.2) is 47.2 Å². The Morgan fingerprint density at radius 2 is 2.56 bits per heavy atom. The summed E-state index contributed by atoms with van der Waals surface area (Å²) in [6.07, 6.45) is 2.33. The first kappa shape index (κ1) is 12.5. The zero-order chi connectivity index (χ0) is 12.0. The van der Waals surface area contributed by atoms with Gasteiger partial charge >= 0.3 is 0 Å². The number of rotatable bonds is 6. The molecule has 0 fully saturated rings. The first-order valence-corrected chi connectivity index (χ1v) is 4.83. The average molecular weight is 228 g/mol. The number of ether oxygens (including phenoxy) is 1. The topological polar surface area (TPSA) is 102 Å². The SMILES string of the molecule is COCC(O)CNC(=O)Cn1cc(N)cn1. The number of carbonyl (C=O) groups is 1. The van der Waals surface area contributed by atoms with Gasteiger partial charge in [-0.05, 0) is 0 Å². The van der Waals surface area contributed by atoms with Crippen molar-refractivity contribution >= 4 is 11.6 Å². The molecule has 0 aliphatic carbocycles. The van der Waals surface area contributed by atoms with E-state index < -0.39 is 6.10 Å². The number of methoxy groups -OCH3 is 1. The van der Waals surface area contributed by atoms with Crippen LogP contribution >= 0.6 is 0 Å². The van der Waals surface area contributed by atoms with Gasteiger partial charge < -0.3 is 20.9 Å². The summed E-state index contributed by atoms with van der Waals surface area (Å²) in [5.41, 5.74) is 5.95. The van der Waals surface area contributed by atoms with E-state index in [0.717, 1.165) is 0 Å². The first-order chi connectivity index (χ1) is 7.61. The van der Waals surface area contributed by atoms with Crippen LogP contribution in [0.3, 0.4) is 0 Å². The average Bonchev–Trinajstić information content (AvgIpc) is 2.61. The largest absolute Gasteiger partial charge is 0.396 e. The molecule has 0 aliphatic rings. The molecule has 1 amide bonds. The smallest absolute Gasteiger partial charge is 0.241 e. The maximum Gasteiger partial charge on any atom is 0.241 e. The molecule has 0 spiro atoms. The van der Waals surface area contributed by atoms with Gasteiger partial charge in [0.2, 0.25) is 5.91 Å². The molecule has 0 aliphatic heterocycles. The Kier molecular flexibility index (Phi) is 4.74. The van der Waals surface area contributed by atoms with Crippen LogP contribution in [0.1, 0.15) is 0 Å². The third-order valence-corrected chi connectivity index (χ3v) is 1.85. The van der Waals surface area contributed by atoms with Crippen LogP contribution in [0.2, 0.25) is 0 Å². The number of aliphatic hydroxyl groups is 1. The number of amides is 1. The van der Waals surface area contributed by atoms with E-state index in [1.54, 1.807) is 6.20 Å². The summed E-state index contributed by atoms with van der Waals surface area (Å²) in [6.45, 7) is 0.426. The van der Waals surface area contributed by atoms with Crippen molar-refractivity contribution in [3.8, 4) is 0 Å².